The molecule has 0 saturated heterocycles. The van der Waals surface area contributed by atoms with Gasteiger partial charge in [-0.25, -0.2) is 9.82 Å². The number of hydrazine groups is 1. The topological polar surface area (TPSA) is 47.3 Å². The van der Waals surface area contributed by atoms with E-state index in [9.17, 15) is 4.39 Å². The van der Waals surface area contributed by atoms with Crippen LogP contribution in [0.15, 0.2) is 40.9 Å². The summed E-state index contributed by atoms with van der Waals surface area (Å²) in [5, 5.41) is 0. The lowest BCUT2D eigenvalue weighted by Gasteiger charge is -2.20. The molecule has 0 saturated carbocycles. The molecular weight excluding hydrogens is 323 g/mol. The van der Waals surface area contributed by atoms with Crippen LogP contribution in [0.5, 0.6) is 5.75 Å². The van der Waals surface area contributed by atoms with Crippen molar-refractivity contribution in [2.24, 2.45) is 5.84 Å². The van der Waals surface area contributed by atoms with Crippen LogP contribution in [0.25, 0.3) is 0 Å². The SMILES string of the molecule is COc1ccc(F)cc1C(NN)c1cc(C)cc(Br)c1. The molecule has 0 aliphatic carbocycles. The van der Waals surface area contributed by atoms with E-state index in [1.165, 1.54) is 12.1 Å². The molecule has 106 valence electrons. The summed E-state index contributed by atoms with van der Waals surface area (Å²) in [6, 6.07) is 9.99. The van der Waals surface area contributed by atoms with Crippen LogP contribution in [0, 0.1) is 12.7 Å². The molecule has 0 amide bonds. The minimum absolute atomic E-state index is 0.326. The summed E-state index contributed by atoms with van der Waals surface area (Å²) in [6.07, 6.45) is 0. The molecule has 2 aromatic rings. The number of methoxy groups -OCH3 is 1. The maximum Gasteiger partial charge on any atom is 0.124 e. The van der Waals surface area contributed by atoms with Crippen molar-refractivity contribution in [1.29, 1.82) is 0 Å². The molecule has 0 heterocycles. The largest absolute Gasteiger partial charge is 0.496 e. The Balaban J connectivity index is 2.54. The number of nitrogens with one attached hydrogen (secondary N) is 1. The van der Waals surface area contributed by atoms with E-state index in [0.717, 1.165) is 15.6 Å². The highest BCUT2D eigenvalue weighted by atomic mass is 79.9. The van der Waals surface area contributed by atoms with E-state index in [-0.39, 0.29) is 11.9 Å². The predicted molar refractivity (Wildman–Crippen MR) is 81.0 cm³/mol. The molecule has 0 aliphatic rings. The molecule has 2 rings (SSSR count). The van der Waals surface area contributed by atoms with E-state index in [4.69, 9.17) is 10.6 Å². The fraction of sp³-hybridized carbons (Fsp3) is 0.200. The number of ether oxygens (including phenoxy) is 1. The molecule has 0 bridgehead atoms. The van der Waals surface area contributed by atoms with Crippen LogP contribution in [-0.2, 0) is 0 Å². The zero-order chi connectivity index (χ0) is 14.7. The van der Waals surface area contributed by atoms with Gasteiger partial charge in [0.25, 0.3) is 0 Å². The van der Waals surface area contributed by atoms with Crippen molar-refractivity contribution in [1.82, 2.24) is 5.43 Å². The second-order valence-electron chi connectivity index (χ2n) is 4.55. The van der Waals surface area contributed by atoms with Gasteiger partial charge in [0.15, 0.2) is 0 Å². The molecule has 2 aromatic carbocycles. The summed E-state index contributed by atoms with van der Waals surface area (Å²) in [7, 11) is 1.55. The van der Waals surface area contributed by atoms with Crippen molar-refractivity contribution in [3.8, 4) is 5.75 Å². The Morgan fingerprint density at radius 1 is 1.25 bits per heavy atom. The molecule has 0 aliphatic heterocycles. The highest BCUT2D eigenvalue weighted by Crippen LogP contribution is 2.31. The number of hydrogen-bond acceptors (Lipinski definition) is 3. The number of hydrogen-bond donors (Lipinski definition) is 2. The first-order chi connectivity index (χ1) is 9.55. The molecule has 1 atom stereocenters. The smallest absolute Gasteiger partial charge is 0.124 e. The van der Waals surface area contributed by atoms with Gasteiger partial charge in [0.1, 0.15) is 11.6 Å². The van der Waals surface area contributed by atoms with Crippen LogP contribution in [0.3, 0.4) is 0 Å². The normalized spacial score (nSPS) is 12.2. The summed E-state index contributed by atoms with van der Waals surface area (Å²) in [4.78, 5) is 0. The Morgan fingerprint density at radius 2 is 2.00 bits per heavy atom. The van der Waals surface area contributed by atoms with Gasteiger partial charge in [0.05, 0.1) is 13.2 Å². The van der Waals surface area contributed by atoms with Crippen molar-refractivity contribution >= 4 is 15.9 Å². The predicted octanol–water partition coefficient (Wildman–Crippen LogP) is 3.46. The Hall–Kier alpha value is -1.43. The highest BCUT2D eigenvalue weighted by molar-refractivity contribution is 9.10. The van der Waals surface area contributed by atoms with Crippen LogP contribution in [0.4, 0.5) is 4.39 Å². The first kappa shape index (κ1) is 15.0. The van der Waals surface area contributed by atoms with Gasteiger partial charge in [-0.2, -0.15) is 0 Å². The standard InChI is InChI=1S/C15H16BrFN2O/c1-9-5-10(7-11(16)6-9)15(19-18)13-8-12(17)3-4-14(13)20-2/h3-8,15,19H,18H2,1-2H3. The number of nitrogens with two attached hydrogens (primary N) is 1. The molecule has 0 fully saturated rings. The number of rotatable bonds is 4. The lowest BCUT2D eigenvalue weighted by Crippen LogP contribution is -2.29. The van der Waals surface area contributed by atoms with Gasteiger partial charge in [0, 0.05) is 10.0 Å². The van der Waals surface area contributed by atoms with Gasteiger partial charge in [-0.05, 0) is 48.4 Å². The third-order valence-corrected chi connectivity index (χ3v) is 3.53. The zero-order valence-corrected chi connectivity index (χ0v) is 12.9. The van der Waals surface area contributed by atoms with Crippen molar-refractivity contribution in [2.45, 2.75) is 13.0 Å². The monoisotopic (exact) mass is 338 g/mol. The van der Waals surface area contributed by atoms with Gasteiger partial charge in [-0.3, -0.25) is 5.84 Å². The van der Waals surface area contributed by atoms with Gasteiger partial charge >= 0.3 is 0 Å². The van der Waals surface area contributed by atoms with Crippen molar-refractivity contribution < 1.29 is 9.13 Å². The van der Waals surface area contributed by atoms with Crippen LogP contribution in [0.1, 0.15) is 22.7 Å². The van der Waals surface area contributed by atoms with E-state index < -0.39 is 0 Å². The maximum absolute atomic E-state index is 13.5. The molecule has 0 radical (unpaired) electrons. The summed E-state index contributed by atoms with van der Waals surface area (Å²) in [5.41, 5.74) is 5.40. The zero-order valence-electron chi connectivity index (χ0n) is 11.3. The summed E-state index contributed by atoms with van der Waals surface area (Å²) >= 11 is 3.46. The Bertz CT molecular complexity index is 599. The fourth-order valence-electron chi connectivity index (χ4n) is 2.23. The molecule has 0 aromatic heterocycles. The third kappa shape index (κ3) is 3.17. The van der Waals surface area contributed by atoms with Crippen LogP contribution in [-0.4, -0.2) is 7.11 Å². The van der Waals surface area contributed by atoms with Crippen molar-refractivity contribution in [3.05, 3.63) is 63.4 Å². The molecule has 20 heavy (non-hydrogen) atoms. The second-order valence-corrected chi connectivity index (χ2v) is 5.46. The first-order valence-corrected chi connectivity index (χ1v) is 6.91. The maximum atomic E-state index is 13.5. The van der Waals surface area contributed by atoms with Crippen LogP contribution < -0.4 is 16.0 Å². The van der Waals surface area contributed by atoms with E-state index in [1.807, 2.05) is 25.1 Å². The number of aryl methyl sites for hydroxylation is 1. The molecule has 3 N–H and O–H groups in total. The second kappa shape index (κ2) is 6.35. The van der Waals surface area contributed by atoms with Gasteiger partial charge in [-0.1, -0.05) is 22.0 Å². The first-order valence-electron chi connectivity index (χ1n) is 6.12. The van der Waals surface area contributed by atoms with Crippen LogP contribution >= 0.6 is 15.9 Å². The Morgan fingerprint density at radius 3 is 2.60 bits per heavy atom. The van der Waals surface area contributed by atoms with Crippen molar-refractivity contribution in [2.75, 3.05) is 7.11 Å². The van der Waals surface area contributed by atoms with Gasteiger partial charge in [-0.15, -0.1) is 0 Å². The number of halogens is 2. The van der Waals surface area contributed by atoms with E-state index >= 15 is 0 Å². The lowest BCUT2D eigenvalue weighted by molar-refractivity contribution is 0.402. The molecule has 1 unspecified atom stereocenters. The molecule has 3 nitrogen and oxygen atoms in total. The Kier molecular flexibility index (Phi) is 4.75. The molecule has 0 spiro atoms. The van der Waals surface area contributed by atoms with E-state index in [1.54, 1.807) is 13.2 Å². The fourth-order valence-corrected chi connectivity index (χ4v) is 2.85. The average molecular weight is 339 g/mol. The number of benzene rings is 2. The lowest BCUT2D eigenvalue weighted by atomic mass is 9.97. The van der Waals surface area contributed by atoms with Crippen molar-refractivity contribution in [3.63, 3.8) is 0 Å². The summed E-state index contributed by atoms with van der Waals surface area (Å²) in [6.45, 7) is 1.99. The van der Waals surface area contributed by atoms with E-state index in [0.29, 0.717) is 11.3 Å². The van der Waals surface area contributed by atoms with Gasteiger partial charge in [0.2, 0.25) is 0 Å². The highest BCUT2D eigenvalue weighted by Gasteiger charge is 2.18. The molecular formula is C15H16BrFN2O. The minimum Gasteiger partial charge on any atom is -0.496 e. The summed E-state index contributed by atoms with van der Waals surface area (Å²) < 4.78 is 19.8. The van der Waals surface area contributed by atoms with Gasteiger partial charge < -0.3 is 4.74 Å². The average Bonchev–Trinajstić information content (AvgIpc) is 2.39. The minimum atomic E-state index is -0.350. The molecule has 5 heteroatoms. The Labute approximate surface area is 126 Å². The third-order valence-electron chi connectivity index (χ3n) is 3.07. The van der Waals surface area contributed by atoms with Crippen LogP contribution in [0.2, 0.25) is 0 Å². The summed E-state index contributed by atoms with van der Waals surface area (Å²) in [5.74, 6) is 5.93. The quantitative estimate of drug-likeness (QED) is 0.663. The van der Waals surface area contributed by atoms with E-state index in [2.05, 4.69) is 21.4 Å².